The van der Waals surface area contributed by atoms with Crippen LogP contribution in [0.3, 0.4) is 0 Å². The second-order valence-corrected chi connectivity index (χ2v) is 12.0. The lowest BCUT2D eigenvalue weighted by molar-refractivity contribution is -0.132. The van der Waals surface area contributed by atoms with Gasteiger partial charge in [0.15, 0.2) is 5.78 Å². The Hall–Kier alpha value is -2.73. The van der Waals surface area contributed by atoms with Crippen LogP contribution in [0.25, 0.3) is 0 Å². The van der Waals surface area contributed by atoms with Gasteiger partial charge in [-0.2, -0.15) is 0 Å². The zero-order chi connectivity index (χ0) is 31.1. The fraction of sp³-hybridized carbons (Fsp3) is 0.639. The lowest BCUT2D eigenvalue weighted by atomic mass is 10.0. The van der Waals surface area contributed by atoms with E-state index in [9.17, 15) is 9.59 Å². The minimum atomic E-state index is 0.0914. The standard InChI is InChI=1S/C17H25NO2.C10H15NO.C9H16O/c1-4-17(19)18-11-9-14(10-12-18)20-16-8-6-5-7-15(16)13(2)3;1-7-5-4-6-9(7)10(11-3)8(2)12;1-8-6-4-3-5-7-9(2)10-8/h5-8,13-14H,4,9-12H2,1-3H3;4-6H2,1-3H3;3-4,8-9H,5-7H2,1-2H3/b;;4-3+/t;;8-,9+/m..0/s1. The number of rotatable bonds is 6. The highest BCUT2D eigenvalue weighted by molar-refractivity contribution is 6.45. The summed E-state index contributed by atoms with van der Waals surface area (Å²) in [6.45, 7) is 15.9. The highest BCUT2D eigenvalue weighted by Crippen LogP contribution is 2.29. The molecule has 0 radical (unpaired) electrons. The molecule has 1 fully saturated rings. The smallest absolute Gasteiger partial charge is 0.222 e. The number of benzene rings is 1. The highest BCUT2D eigenvalue weighted by atomic mass is 16.5. The van der Waals surface area contributed by atoms with Gasteiger partial charge in [-0.25, -0.2) is 0 Å². The van der Waals surface area contributed by atoms with Crippen molar-refractivity contribution in [3.8, 4) is 5.75 Å². The van der Waals surface area contributed by atoms with E-state index in [4.69, 9.17) is 9.47 Å². The van der Waals surface area contributed by atoms with E-state index in [1.807, 2.05) is 17.9 Å². The van der Waals surface area contributed by atoms with Gasteiger partial charge >= 0.3 is 0 Å². The van der Waals surface area contributed by atoms with E-state index in [1.165, 1.54) is 36.0 Å². The van der Waals surface area contributed by atoms with Crippen molar-refractivity contribution in [1.82, 2.24) is 4.90 Å². The molecule has 0 spiro atoms. The number of para-hydroxylation sites is 1. The minimum absolute atomic E-state index is 0.0914. The molecule has 3 aliphatic rings. The molecule has 6 heteroatoms. The zero-order valence-corrected chi connectivity index (χ0v) is 27.6. The van der Waals surface area contributed by atoms with Gasteiger partial charge in [0.1, 0.15) is 17.6 Å². The van der Waals surface area contributed by atoms with E-state index in [0.29, 0.717) is 30.3 Å². The van der Waals surface area contributed by atoms with Crippen LogP contribution < -0.4 is 4.74 Å². The molecular formula is C36H56N2O4. The first-order chi connectivity index (χ1) is 20.1. The van der Waals surface area contributed by atoms with Gasteiger partial charge in [-0.05, 0) is 82.4 Å². The molecule has 1 aliphatic carbocycles. The van der Waals surface area contributed by atoms with Crippen LogP contribution in [0.15, 0.2) is 52.6 Å². The number of hydrogen-bond acceptors (Lipinski definition) is 5. The maximum absolute atomic E-state index is 11.7. The molecule has 1 saturated heterocycles. The van der Waals surface area contributed by atoms with Crippen LogP contribution in [0.2, 0.25) is 0 Å². The number of likely N-dealkylation sites (tertiary alicyclic amines) is 1. The lowest BCUT2D eigenvalue weighted by Gasteiger charge is -2.32. The van der Waals surface area contributed by atoms with Crippen LogP contribution in [0.1, 0.15) is 118 Å². The molecule has 0 bridgehead atoms. The van der Waals surface area contributed by atoms with Gasteiger partial charge in [-0.15, -0.1) is 0 Å². The SMILES string of the molecule is CCC(=O)N1CCC(Oc2ccccc2C(C)C)CC1.CN=C(C(C)=O)C1=C(C)CCC1.C[C@@H]1CC/C=C/C[C@H](C)O1. The third-order valence-electron chi connectivity index (χ3n) is 8.11. The molecule has 234 valence electrons. The number of ether oxygens (including phenoxy) is 2. The molecule has 0 aromatic heterocycles. The number of ketones is 1. The second-order valence-electron chi connectivity index (χ2n) is 12.0. The molecule has 1 amide bonds. The van der Waals surface area contributed by atoms with Crippen molar-refractivity contribution in [2.75, 3.05) is 20.1 Å². The van der Waals surface area contributed by atoms with Crippen LogP contribution in [0.4, 0.5) is 0 Å². The Labute approximate surface area is 255 Å². The maximum atomic E-state index is 11.7. The summed E-state index contributed by atoms with van der Waals surface area (Å²) in [6.07, 6.45) is 14.8. The van der Waals surface area contributed by atoms with Crippen LogP contribution in [0.5, 0.6) is 5.75 Å². The van der Waals surface area contributed by atoms with E-state index in [-0.39, 0.29) is 17.8 Å². The molecular weight excluding hydrogens is 524 g/mol. The van der Waals surface area contributed by atoms with Crippen molar-refractivity contribution in [1.29, 1.82) is 0 Å². The fourth-order valence-electron chi connectivity index (χ4n) is 5.67. The molecule has 42 heavy (non-hydrogen) atoms. The molecule has 0 N–H and O–H groups in total. The number of amides is 1. The average molecular weight is 581 g/mol. The van der Waals surface area contributed by atoms with Crippen molar-refractivity contribution < 1.29 is 19.1 Å². The lowest BCUT2D eigenvalue weighted by Crippen LogP contribution is -2.41. The van der Waals surface area contributed by atoms with Crippen molar-refractivity contribution in [3.63, 3.8) is 0 Å². The number of aliphatic imine (C=N–C) groups is 1. The molecule has 0 unspecified atom stereocenters. The van der Waals surface area contributed by atoms with Gasteiger partial charge in [0, 0.05) is 46.3 Å². The van der Waals surface area contributed by atoms with E-state index in [1.54, 1.807) is 14.0 Å². The molecule has 2 atom stereocenters. The van der Waals surface area contributed by atoms with Gasteiger partial charge in [-0.1, -0.05) is 56.7 Å². The van der Waals surface area contributed by atoms with Crippen molar-refractivity contribution in [2.45, 2.75) is 130 Å². The quantitative estimate of drug-likeness (QED) is 0.251. The van der Waals surface area contributed by atoms with Crippen molar-refractivity contribution >= 4 is 17.4 Å². The topological polar surface area (TPSA) is 68.2 Å². The van der Waals surface area contributed by atoms with Gasteiger partial charge < -0.3 is 14.4 Å². The van der Waals surface area contributed by atoms with E-state index < -0.39 is 0 Å². The Morgan fingerprint density at radius 1 is 1.05 bits per heavy atom. The summed E-state index contributed by atoms with van der Waals surface area (Å²) < 4.78 is 11.8. The van der Waals surface area contributed by atoms with Crippen LogP contribution >= 0.6 is 0 Å². The highest BCUT2D eigenvalue weighted by Gasteiger charge is 2.24. The summed E-state index contributed by atoms with van der Waals surface area (Å²) in [4.78, 5) is 28.8. The molecule has 4 rings (SSSR count). The third kappa shape index (κ3) is 11.9. The Bertz CT molecular complexity index is 1080. The summed E-state index contributed by atoms with van der Waals surface area (Å²) in [6, 6.07) is 8.27. The molecule has 2 heterocycles. The van der Waals surface area contributed by atoms with Crippen LogP contribution in [0, 0.1) is 0 Å². The minimum Gasteiger partial charge on any atom is -0.490 e. The van der Waals surface area contributed by atoms with E-state index in [0.717, 1.165) is 50.9 Å². The number of allylic oxidation sites excluding steroid dienone is 3. The Balaban J connectivity index is 0.000000239. The molecule has 2 aliphatic heterocycles. The normalized spacial score (nSPS) is 22.3. The Morgan fingerprint density at radius 3 is 2.31 bits per heavy atom. The Kier molecular flexibility index (Phi) is 15.8. The van der Waals surface area contributed by atoms with E-state index in [2.05, 4.69) is 70.0 Å². The molecule has 1 aromatic rings. The molecule has 1 aromatic carbocycles. The first kappa shape index (κ1) is 35.5. The summed E-state index contributed by atoms with van der Waals surface area (Å²) in [5.74, 6) is 1.82. The number of piperidine rings is 1. The predicted octanol–water partition coefficient (Wildman–Crippen LogP) is 8.26. The average Bonchev–Trinajstić information content (AvgIpc) is 3.38. The summed E-state index contributed by atoms with van der Waals surface area (Å²) in [5, 5.41) is 0. The number of hydrogen-bond donors (Lipinski definition) is 0. The predicted molar refractivity (Wildman–Crippen MR) is 175 cm³/mol. The van der Waals surface area contributed by atoms with Gasteiger partial charge in [0.2, 0.25) is 5.91 Å². The van der Waals surface area contributed by atoms with Crippen LogP contribution in [-0.2, 0) is 14.3 Å². The van der Waals surface area contributed by atoms with Gasteiger partial charge in [0.05, 0.1) is 12.2 Å². The van der Waals surface area contributed by atoms with Crippen LogP contribution in [-0.4, -0.2) is 60.8 Å². The fourth-order valence-corrected chi connectivity index (χ4v) is 5.67. The molecule has 0 saturated carbocycles. The first-order valence-corrected chi connectivity index (χ1v) is 16.1. The van der Waals surface area contributed by atoms with Gasteiger partial charge in [0.25, 0.3) is 0 Å². The van der Waals surface area contributed by atoms with Crippen molar-refractivity contribution in [3.05, 3.63) is 53.1 Å². The number of Topliss-reactive ketones (excluding diaryl/α,β-unsaturated/α-hetero) is 1. The monoisotopic (exact) mass is 580 g/mol. The largest absolute Gasteiger partial charge is 0.490 e. The first-order valence-electron chi connectivity index (χ1n) is 16.1. The number of nitrogens with zero attached hydrogens (tertiary/aromatic N) is 2. The summed E-state index contributed by atoms with van der Waals surface area (Å²) in [5.41, 5.74) is 4.47. The summed E-state index contributed by atoms with van der Waals surface area (Å²) in [7, 11) is 1.69. The van der Waals surface area contributed by atoms with Crippen molar-refractivity contribution in [2.24, 2.45) is 4.99 Å². The number of carbonyl (C=O) groups is 2. The molecule has 6 nitrogen and oxygen atoms in total. The van der Waals surface area contributed by atoms with E-state index >= 15 is 0 Å². The van der Waals surface area contributed by atoms with Gasteiger partial charge in [-0.3, -0.25) is 14.6 Å². The Morgan fingerprint density at radius 2 is 1.74 bits per heavy atom. The maximum Gasteiger partial charge on any atom is 0.222 e. The number of carbonyl (C=O) groups excluding carboxylic acids is 2. The zero-order valence-electron chi connectivity index (χ0n) is 27.6. The summed E-state index contributed by atoms with van der Waals surface area (Å²) >= 11 is 0. The second kappa shape index (κ2) is 18.7. The third-order valence-corrected chi connectivity index (χ3v) is 8.11.